The molecule has 7 nitrogen and oxygen atoms in total. The summed E-state index contributed by atoms with van der Waals surface area (Å²) in [6, 6.07) is 11.6. The molecule has 1 fully saturated rings. The number of piperazine rings is 1. The third kappa shape index (κ3) is 2.87. The van der Waals surface area contributed by atoms with Gasteiger partial charge in [-0.25, -0.2) is 14.5 Å². The van der Waals surface area contributed by atoms with E-state index in [9.17, 15) is 4.79 Å². The van der Waals surface area contributed by atoms with E-state index in [0.717, 1.165) is 22.4 Å². The van der Waals surface area contributed by atoms with E-state index in [1.807, 2.05) is 36.4 Å². The maximum Gasteiger partial charge on any atom is 0.407 e. The third-order valence-corrected chi connectivity index (χ3v) is 4.67. The molecule has 0 aliphatic carbocycles. The highest BCUT2D eigenvalue weighted by Crippen LogP contribution is 2.26. The van der Waals surface area contributed by atoms with Gasteiger partial charge in [0.05, 0.1) is 11.2 Å². The van der Waals surface area contributed by atoms with Crippen LogP contribution in [0.5, 0.6) is 0 Å². The molecular weight excluding hydrogens is 342 g/mol. The van der Waals surface area contributed by atoms with Crippen LogP contribution in [0.1, 0.15) is 0 Å². The second-order valence-corrected chi connectivity index (χ2v) is 6.21. The van der Waals surface area contributed by atoms with Gasteiger partial charge in [0.1, 0.15) is 5.82 Å². The maximum absolute atomic E-state index is 11.0. The van der Waals surface area contributed by atoms with Gasteiger partial charge in [0, 0.05) is 43.8 Å². The lowest BCUT2D eigenvalue weighted by Gasteiger charge is -2.33. The fraction of sp³-hybridized carbons (Fsp3) is 0.235. The number of hydrogen-bond acceptors (Lipinski definition) is 4. The van der Waals surface area contributed by atoms with Crippen LogP contribution in [-0.4, -0.2) is 57.0 Å². The van der Waals surface area contributed by atoms with Gasteiger partial charge >= 0.3 is 6.09 Å². The van der Waals surface area contributed by atoms with E-state index in [-0.39, 0.29) is 0 Å². The summed E-state index contributed by atoms with van der Waals surface area (Å²) in [6.45, 7) is 2.17. The number of benzene rings is 1. The smallest absolute Gasteiger partial charge is 0.407 e. The first-order chi connectivity index (χ1) is 12.1. The highest BCUT2D eigenvalue weighted by Gasteiger charge is 2.21. The predicted octanol–water partition coefficient (Wildman–Crippen LogP) is 2.87. The Balaban J connectivity index is 1.65. The topological polar surface area (TPSA) is 74.5 Å². The van der Waals surface area contributed by atoms with Gasteiger partial charge in [-0.15, -0.1) is 0 Å². The van der Waals surface area contributed by atoms with Gasteiger partial charge < -0.3 is 14.9 Å². The molecule has 2 aromatic heterocycles. The lowest BCUT2D eigenvalue weighted by atomic mass is 10.2. The molecule has 25 heavy (non-hydrogen) atoms. The van der Waals surface area contributed by atoms with Crippen molar-refractivity contribution >= 4 is 34.4 Å². The first-order valence-corrected chi connectivity index (χ1v) is 8.34. The molecule has 1 saturated heterocycles. The molecule has 0 unspecified atom stereocenters. The minimum atomic E-state index is -0.876. The number of amides is 1. The SMILES string of the molecule is O=C(O)N1CCN(c2cc(-n3nc(Cl)c4ccccc43)ccn2)CC1. The van der Waals surface area contributed by atoms with Gasteiger partial charge in [-0.2, -0.15) is 5.10 Å². The number of para-hydroxylation sites is 1. The molecular formula is C17H16ClN5O2. The van der Waals surface area contributed by atoms with Crippen molar-refractivity contribution in [3.63, 3.8) is 0 Å². The van der Waals surface area contributed by atoms with Gasteiger partial charge in [-0.3, -0.25) is 0 Å². The monoisotopic (exact) mass is 357 g/mol. The fourth-order valence-electron chi connectivity index (χ4n) is 3.06. The number of hydrogen-bond donors (Lipinski definition) is 1. The number of rotatable bonds is 2. The average molecular weight is 358 g/mol. The van der Waals surface area contributed by atoms with Crippen LogP contribution in [0, 0.1) is 0 Å². The molecule has 1 N–H and O–H groups in total. The summed E-state index contributed by atoms with van der Waals surface area (Å²) < 4.78 is 1.80. The van der Waals surface area contributed by atoms with Crippen molar-refractivity contribution in [2.24, 2.45) is 0 Å². The van der Waals surface area contributed by atoms with Crippen molar-refractivity contribution in [2.75, 3.05) is 31.1 Å². The first kappa shape index (κ1) is 15.7. The summed E-state index contributed by atoms with van der Waals surface area (Å²) in [6.07, 6.45) is 0.859. The third-order valence-electron chi connectivity index (χ3n) is 4.39. The molecule has 0 radical (unpaired) electrons. The zero-order valence-corrected chi connectivity index (χ0v) is 14.1. The predicted molar refractivity (Wildman–Crippen MR) is 95.7 cm³/mol. The second-order valence-electron chi connectivity index (χ2n) is 5.85. The van der Waals surface area contributed by atoms with E-state index in [4.69, 9.17) is 16.7 Å². The van der Waals surface area contributed by atoms with Crippen molar-refractivity contribution in [1.82, 2.24) is 19.7 Å². The Kier molecular flexibility index (Phi) is 3.93. The minimum absolute atomic E-state index is 0.462. The van der Waals surface area contributed by atoms with Crippen molar-refractivity contribution in [3.05, 3.63) is 47.7 Å². The Morgan fingerprint density at radius 3 is 2.64 bits per heavy atom. The summed E-state index contributed by atoms with van der Waals surface area (Å²) >= 11 is 6.24. The number of anilines is 1. The number of nitrogens with zero attached hydrogens (tertiary/aromatic N) is 5. The van der Waals surface area contributed by atoms with E-state index in [1.54, 1.807) is 10.9 Å². The van der Waals surface area contributed by atoms with E-state index in [2.05, 4.69) is 15.0 Å². The average Bonchev–Trinajstić information content (AvgIpc) is 2.99. The van der Waals surface area contributed by atoms with Gasteiger partial charge in [-0.05, 0) is 18.2 Å². The van der Waals surface area contributed by atoms with Crippen LogP contribution in [0.3, 0.4) is 0 Å². The Morgan fingerprint density at radius 1 is 1.12 bits per heavy atom. The van der Waals surface area contributed by atoms with Crippen LogP contribution < -0.4 is 4.90 Å². The molecule has 1 aliphatic heterocycles. The second kappa shape index (κ2) is 6.25. The standard InChI is InChI=1S/C17H16ClN5O2/c18-16-13-3-1-2-4-14(13)23(20-16)12-5-6-19-15(11-12)21-7-9-22(10-8-21)17(24)25/h1-6,11H,7-10H2,(H,24,25). The van der Waals surface area contributed by atoms with E-state index >= 15 is 0 Å². The van der Waals surface area contributed by atoms with Crippen molar-refractivity contribution < 1.29 is 9.90 Å². The molecule has 4 rings (SSSR count). The van der Waals surface area contributed by atoms with Crippen molar-refractivity contribution in [1.29, 1.82) is 0 Å². The Hall–Kier alpha value is -2.80. The van der Waals surface area contributed by atoms with E-state index in [0.29, 0.717) is 31.3 Å². The quantitative estimate of drug-likeness (QED) is 0.763. The van der Waals surface area contributed by atoms with Crippen molar-refractivity contribution in [3.8, 4) is 5.69 Å². The van der Waals surface area contributed by atoms with E-state index in [1.165, 1.54) is 4.90 Å². The minimum Gasteiger partial charge on any atom is -0.465 e. The number of pyridine rings is 1. The molecule has 1 amide bonds. The molecule has 0 saturated carbocycles. The summed E-state index contributed by atoms with van der Waals surface area (Å²) in [5, 5.41) is 14.9. The molecule has 128 valence electrons. The number of carboxylic acid groups (broad SMARTS) is 1. The summed E-state index contributed by atoms with van der Waals surface area (Å²) in [5.74, 6) is 0.804. The molecule has 3 aromatic rings. The highest BCUT2D eigenvalue weighted by atomic mass is 35.5. The maximum atomic E-state index is 11.0. The lowest BCUT2D eigenvalue weighted by Crippen LogP contribution is -2.48. The van der Waals surface area contributed by atoms with Crippen molar-refractivity contribution in [2.45, 2.75) is 0 Å². The van der Waals surface area contributed by atoms with Crippen LogP contribution in [0.25, 0.3) is 16.6 Å². The number of fused-ring (bicyclic) bond motifs is 1. The molecule has 1 aliphatic rings. The van der Waals surface area contributed by atoms with E-state index < -0.39 is 6.09 Å². The van der Waals surface area contributed by atoms with Crippen LogP contribution in [-0.2, 0) is 0 Å². The molecule has 0 spiro atoms. The summed E-state index contributed by atoms with van der Waals surface area (Å²) in [7, 11) is 0. The Labute approximate surface area is 149 Å². The number of carbonyl (C=O) groups is 1. The molecule has 1 aromatic carbocycles. The zero-order valence-electron chi connectivity index (χ0n) is 13.3. The number of aromatic nitrogens is 3. The molecule has 0 bridgehead atoms. The highest BCUT2D eigenvalue weighted by molar-refractivity contribution is 6.34. The molecule has 3 heterocycles. The number of halogens is 1. The fourth-order valence-corrected chi connectivity index (χ4v) is 3.30. The van der Waals surface area contributed by atoms with Crippen LogP contribution in [0.2, 0.25) is 5.15 Å². The lowest BCUT2D eigenvalue weighted by molar-refractivity contribution is 0.142. The van der Waals surface area contributed by atoms with Gasteiger partial charge in [0.15, 0.2) is 5.15 Å². The molecule has 8 heteroatoms. The zero-order chi connectivity index (χ0) is 17.4. The van der Waals surface area contributed by atoms with Crippen LogP contribution in [0.4, 0.5) is 10.6 Å². The normalized spacial score (nSPS) is 14.9. The summed E-state index contributed by atoms with van der Waals surface area (Å²) in [4.78, 5) is 19.0. The van der Waals surface area contributed by atoms with Gasteiger partial charge in [-0.1, -0.05) is 23.7 Å². The van der Waals surface area contributed by atoms with Gasteiger partial charge in [0.2, 0.25) is 0 Å². The van der Waals surface area contributed by atoms with Gasteiger partial charge in [0.25, 0.3) is 0 Å². The summed E-state index contributed by atoms with van der Waals surface area (Å²) in [5.41, 5.74) is 1.80. The largest absolute Gasteiger partial charge is 0.465 e. The molecule has 0 atom stereocenters. The van der Waals surface area contributed by atoms with Crippen LogP contribution in [0.15, 0.2) is 42.6 Å². The Bertz CT molecular complexity index is 934. The Morgan fingerprint density at radius 2 is 1.88 bits per heavy atom. The first-order valence-electron chi connectivity index (χ1n) is 7.96. The van der Waals surface area contributed by atoms with Crippen LogP contribution >= 0.6 is 11.6 Å².